The number of carbonyl (C=O) groups excluding carboxylic acids is 1. The zero-order valence-electron chi connectivity index (χ0n) is 19.6. The first kappa shape index (κ1) is 28.5. The van der Waals surface area contributed by atoms with Gasteiger partial charge in [-0.05, 0) is 42.7 Å². The van der Waals surface area contributed by atoms with Crippen LogP contribution in [0.2, 0.25) is 0 Å². The quantitative estimate of drug-likeness (QED) is 0.245. The Morgan fingerprint density at radius 2 is 1.71 bits per heavy atom. The van der Waals surface area contributed by atoms with Crippen molar-refractivity contribution in [1.29, 1.82) is 0 Å². The van der Waals surface area contributed by atoms with Crippen molar-refractivity contribution >= 4 is 39.5 Å². The zero-order chi connectivity index (χ0) is 27.5. The molecule has 2 aromatic rings. The molecule has 1 unspecified atom stereocenters. The third kappa shape index (κ3) is 6.72. The van der Waals surface area contributed by atoms with E-state index >= 15 is 0 Å². The molecule has 8 nitrogen and oxygen atoms in total. The standard InChI is InChI=1S/C23H22ClF4N3O5S2/c24-30-20(35-18-10-12-29(13-11-18)14-16-6-8-17(25)9-7-16)15-37-22(30)31(36-21(32)23(26,27)28)38(33,34)19-4-2-1-3-5-19/h1-9,15,18,22H,10-14H2. The van der Waals surface area contributed by atoms with E-state index in [9.17, 15) is 30.8 Å². The fourth-order valence-electron chi connectivity index (χ4n) is 3.79. The van der Waals surface area contributed by atoms with Crippen molar-refractivity contribution in [3.05, 3.63) is 77.3 Å². The Labute approximate surface area is 225 Å². The Bertz CT molecular complexity index is 1260. The molecule has 1 atom stereocenters. The molecule has 1 saturated heterocycles. The van der Waals surface area contributed by atoms with Gasteiger partial charge in [-0.25, -0.2) is 22.0 Å². The molecule has 38 heavy (non-hydrogen) atoms. The van der Waals surface area contributed by atoms with Gasteiger partial charge in [0.1, 0.15) is 11.9 Å². The first-order valence-electron chi connectivity index (χ1n) is 11.3. The largest absolute Gasteiger partial charge is 0.492 e. The lowest BCUT2D eigenvalue weighted by molar-refractivity contribution is -0.226. The van der Waals surface area contributed by atoms with E-state index in [1.54, 1.807) is 12.1 Å². The number of alkyl halides is 3. The number of benzene rings is 2. The normalized spacial score (nSPS) is 19.5. The van der Waals surface area contributed by atoms with Gasteiger partial charge in [-0.15, -0.1) is 0 Å². The molecule has 0 N–H and O–H groups in total. The summed E-state index contributed by atoms with van der Waals surface area (Å²) in [4.78, 5) is 17.7. The molecule has 206 valence electrons. The number of hydrogen-bond acceptors (Lipinski definition) is 8. The lowest BCUT2D eigenvalue weighted by Crippen LogP contribution is -2.47. The SMILES string of the molecule is O=C(ON(C1SC=C(OC2CCN(Cc3ccc(F)cc3)CC2)N1Cl)S(=O)(=O)c1ccccc1)C(F)(F)F. The van der Waals surface area contributed by atoms with Crippen LogP contribution in [0.3, 0.4) is 0 Å². The van der Waals surface area contributed by atoms with E-state index in [1.165, 1.54) is 35.7 Å². The molecule has 0 amide bonds. The fourth-order valence-corrected chi connectivity index (χ4v) is 6.66. The molecular weight excluding hydrogens is 574 g/mol. The van der Waals surface area contributed by atoms with E-state index < -0.39 is 32.6 Å². The van der Waals surface area contributed by atoms with Crippen LogP contribution in [0.5, 0.6) is 0 Å². The van der Waals surface area contributed by atoms with Crippen molar-refractivity contribution in [2.45, 2.75) is 42.1 Å². The highest BCUT2D eigenvalue weighted by Crippen LogP contribution is 2.40. The van der Waals surface area contributed by atoms with Crippen LogP contribution in [0.1, 0.15) is 18.4 Å². The van der Waals surface area contributed by atoms with E-state index in [1.807, 2.05) is 0 Å². The predicted molar refractivity (Wildman–Crippen MR) is 131 cm³/mol. The van der Waals surface area contributed by atoms with Gasteiger partial charge in [0.05, 0.1) is 4.90 Å². The van der Waals surface area contributed by atoms with Crippen LogP contribution < -0.4 is 0 Å². The third-order valence-electron chi connectivity index (χ3n) is 5.70. The van der Waals surface area contributed by atoms with Gasteiger partial charge in [-0.2, -0.15) is 13.2 Å². The summed E-state index contributed by atoms with van der Waals surface area (Å²) >= 11 is 7.00. The Morgan fingerprint density at radius 3 is 2.32 bits per heavy atom. The maximum Gasteiger partial charge on any atom is 0.492 e. The number of likely N-dealkylation sites (tertiary alicyclic amines) is 1. The number of thioether (sulfide) groups is 1. The van der Waals surface area contributed by atoms with Crippen molar-refractivity contribution in [3.8, 4) is 0 Å². The van der Waals surface area contributed by atoms with Gasteiger partial charge < -0.3 is 9.57 Å². The molecule has 0 bridgehead atoms. The number of sulfonamides is 1. The first-order valence-corrected chi connectivity index (χ1v) is 14.0. The third-order valence-corrected chi connectivity index (χ3v) is 8.90. The molecule has 2 aliphatic rings. The summed E-state index contributed by atoms with van der Waals surface area (Å²) in [6, 6.07) is 12.8. The number of ether oxygens (including phenoxy) is 1. The van der Waals surface area contributed by atoms with E-state index in [0.717, 1.165) is 22.1 Å². The molecule has 2 aromatic carbocycles. The summed E-state index contributed by atoms with van der Waals surface area (Å²) in [5.74, 6) is -3.02. The monoisotopic (exact) mass is 595 g/mol. The Hall–Kier alpha value is -2.52. The van der Waals surface area contributed by atoms with E-state index in [-0.39, 0.29) is 22.3 Å². The summed E-state index contributed by atoms with van der Waals surface area (Å²) < 4.78 is 84.8. The van der Waals surface area contributed by atoms with Crippen molar-refractivity contribution in [2.24, 2.45) is 0 Å². The number of hydroxylamine groups is 1. The van der Waals surface area contributed by atoms with Crippen molar-refractivity contribution in [1.82, 2.24) is 13.8 Å². The van der Waals surface area contributed by atoms with Crippen LogP contribution in [0.4, 0.5) is 17.6 Å². The number of hydrogen-bond donors (Lipinski definition) is 0. The number of carbonyl (C=O) groups is 1. The summed E-state index contributed by atoms with van der Waals surface area (Å²) in [6.07, 6.45) is -4.57. The van der Waals surface area contributed by atoms with Gasteiger partial charge in [-0.3, -0.25) is 4.90 Å². The molecule has 1 fully saturated rings. The molecular formula is C23H22ClF4N3O5S2. The van der Waals surface area contributed by atoms with Crippen LogP contribution in [0.25, 0.3) is 0 Å². The molecule has 0 spiro atoms. The van der Waals surface area contributed by atoms with Gasteiger partial charge in [0.2, 0.25) is 11.4 Å². The maximum atomic E-state index is 13.1. The lowest BCUT2D eigenvalue weighted by atomic mass is 10.1. The minimum atomic E-state index is -5.44. The average Bonchev–Trinajstić information content (AvgIpc) is 3.24. The molecule has 0 saturated carbocycles. The number of rotatable bonds is 8. The Morgan fingerprint density at radius 1 is 1.08 bits per heavy atom. The summed E-state index contributed by atoms with van der Waals surface area (Å²) in [5.41, 5.74) is -0.634. The maximum absolute atomic E-state index is 13.1. The molecule has 0 aliphatic carbocycles. The second-order valence-electron chi connectivity index (χ2n) is 8.40. The van der Waals surface area contributed by atoms with Crippen LogP contribution in [-0.4, -0.2) is 59.0 Å². The fraction of sp³-hybridized carbons (Fsp3) is 0.348. The van der Waals surface area contributed by atoms with Crippen LogP contribution in [0.15, 0.2) is 70.8 Å². The van der Waals surface area contributed by atoms with E-state index in [2.05, 4.69) is 9.74 Å². The second-order valence-corrected chi connectivity index (χ2v) is 11.5. The van der Waals surface area contributed by atoms with Crippen LogP contribution in [-0.2, 0) is 30.9 Å². The summed E-state index contributed by atoms with van der Waals surface area (Å²) in [5, 5.41) is 1.34. The minimum Gasteiger partial charge on any atom is -0.474 e. The predicted octanol–water partition coefficient (Wildman–Crippen LogP) is 4.80. The highest BCUT2D eigenvalue weighted by molar-refractivity contribution is 8.03. The lowest BCUT2D eigenvalue weighted by Gasteiger charge is -2.34. The molecule has 2 heterocycles. The van der Waals surface area contributed by atoms with Gasteiger partial charge in [0, 0.05) is 41.3 Å². The Balaban J connectivity index is 1.41. The van der Waals surface area contributed by atoms with Crippen molar-refractivity contribution < 1.29 is 40.3 Å². The zero-order valence-corrected chi connectivity index (χ0v) is 21.9. The minimum absolute atomic E-state index is 0.00923. The first-order chi connectivity index (χ1) is 17.9. The van der Waals surface area contributed by atoms with Crippen molar-refractivity contribution in [2.75, 3.05) is 13.1 Å². The Kier molecular flexibility index (Phi) is 8.77. The van der Waals surface area contributed by atoms with Crippen LogP contribution in [0, 0.1) is 5.82 Å². The molecule has 4 rings (SSSR count). The number of nitrogens with zero attached hydrogens (tertiary/aromatic N) is 3. The number of piperidine rings is 1. The topological polar surface area (TPSA) is 79.4 Å². The van der Waals surface area contributed by atoms with Gasteiger partial charge in [-0.1, -0.05) is 42.1 Å². The summed E-state index contributed by atoms with van der Waals surface area (Å²) in [7, 11) is -4.74. The highest BCUT2D eigenvalue weighted by Gasteiger charge is 2.49. The van der Waals surface area contributed by atoms with E-state index in [0.29, 0.717) is 44.2 Å². The van der Waals surface area contributed by atoms with Crippen molar-refractivity contribution in [3.63, 3.8) is 0 Å². The smallest absolute Gasteiger partial charge is 0.474 e. The summed E-state index contributed by atoms with van der Waals surface area (Å²) in [6.45, 7) is 1.95. The van der Waals surface area contributed by atoms with E-state index in [4.69, 9.17) is 16.5 Å². The second kappa shape index (κ2) is 11.7. The highest BCUT2D eigenvalue weighted by atomic mass is 35.5. The molecule has 15 heteroatoms. The average molecular weight is 596 g/mol. The molecule has 0 aromatic heterocycles. The molecule has 2 aliphatic heterocycles. The molecule has 0 radical (unpaired) electrons. The van der Waals surface area contributed by atoms with Gasteiger partial charge in [0.15, 0.2) is 0 Å². The number of halogens is 5. The van der Waals surface area contributed by atoms with Gasteiger partial charge >= 0.3 is 12.1 Å². The van der Waals surface area contributed by atoms with Gasteiger partial charge in [0.25, 0.3) is 10.0 Å². The van der Waals surface area contributed by atoms with Crippen LogP contribution >= 0.6 is 23.5 Å².